The highest BCUT2D eigenvalue weighted by atomic mass is 35.5. The van der Waals surface area contributed by atoms with Crippen molar-refractivity contribution in [2.45, 2.75) is 13.5 Å². The maximum absolute atomic E-state index is 12.1. The van der Waals surface area contributed by atoms with Gasteiger partial charge in [0.2, 0.25) is 0 Å². The number of amides is 1. The number of carbonyl (C=O) groups excluding carboxylic acids is 1. The molecule has 0 fully saturated rings. The average molecular weight is 329 g/mol. The van der Waals surface area contributed by atoms with Crippen molar-refractivity contribution in [3.8, 4) is 0 Å². The molecule has 110 valence electrons. The fourth-order valence-corrected chi connectivity index (χ4v) is 2.04. The Kier molecular flexibility index (Phi) is 4.44. The summed E-state index contributed by atoms with van der Waals surface area (Å²) in [5.74, 6) is -0.535. The minimum Gasteiger partial charge on any atom is -0.319 e. The number of rotatable bonds is 4. The van der Waals surface area contributed by atoms with Crippen LogP contribution in [0.2, 0.25) is 10.0 Å². The van der Waals surface area contributed by atoms with Gasteiger partial charge >= 0.3 is 0 Å². The summed E-state index contributed by atoms with van der Waals surface area (Å²) < 4.78 is 1.63. The highest BCUT2D eigenvalue weighted by molar-refractivity contribution is 6.43. The van der Waals surface area contributed by atoms with E-state index in [0.717, 1.165) is 6.07 Å². The molecule has 0 saturated heterocycles. The average Bonchev–Trinajstić information content (AvgIpc) is 2.88. The maximum Gasteiger partial charge on any atom is 0.290 e. The van der Waals surface area contributed by atoms with Crippen molar-refractivity contribution in [3.05, 3.63) is 50.2 Å². The lowest BCUT2D eigenvalue weighted by Gasteiger charge is -2.05. The van der Waals surface area contributed by atoms with Gasteiger partial charge in [0.05, 0.1) is 21.8 Å². The molecule has 0 spiro atoms. The molecule has 2 aromatic rings. The van der Waals surface area contributed by atoms with E-state index >= 15 is 0 Å². The zero-order chi connectivity index (χ0) is 15.6. The zero-order valence-electron chi connectivity index (χ0n) is 10.8. The SMILES string of the molecule is CCn1cc(NC(=O)c2cc(Cl)c(Cl)c([N+](=O)[O-])c2)cn1. The normalized spacial score (nSPS) is 10.4. The third kappa shape index (κ3) is 3.32. The number of nitro benzene ring substituents is 1. The lowest BCUT2D eigenvalue weighted by molar-refractivity contribution is -0.384. The largest absolute Gasteiger partial charge is 0.319 e. The van der Waals surface area contributed by atoms with Gasteiger partial charge < -0.3 is 5.32 Å². The zero-order valence-corrected chi connectivity index (χ0v) is 12.4. The Morgan fingerprint density at radius 2 is 2.19 bits per heavy atom. The molecule has 9 heteroatoms. The molecule has 0 unspecified atom stereocenters. The smallest absolute Gasteiger partial charge is 0.290 e. The summed E-state index contributed by atoms with van der Waals surface area (Å²) in [7, 11) is 0. The van der Waals surface area contributed by atoms with Crippen molar-refractivity contribution in [2.24, 2.45) is 0 Å². The number of nitrogens with zero attached hydrogens (tertiary/aromatic N) is 3. The van der Waals surface area contributed by atoms with Gasteiger partial charge in [0.15, 0.2) is 0 Å². The number of halogens is 2. The van der Waals surface area contributed by atoms with Gasteiger partial charge in [-0.3, -0.25) is 19.6 Å². The van der Waals surface area contributed by atoms with Gasteiger partial charge in [-0.1, -0.05) is 23.2 Å². The van der Waals surface area contributed by atoms with E-state index < -0.39 is 16.5 Å². The summed E-state index contributed by atoms with van der Waals surface area (Å²) in [6.45, 7) is 2.56. The Morgan fingerprint density at radius 1 is 1.48 bits per heavy atom. The second kappa shape index (κ2) is 6.11. The first-order valence-corrected chi connectivity index (χ1v) is 6.65. The van der Waals surface area contributed by atoms with Crippen molar-refractivity contribution in [1.29, 1.82) is 0 Å². The molecule has 1 amide bonds. The van der Waals surface area contributed by atoms with Crippen LogP contribution in [-0.2, 0) is 6.54 Å². The van der Waals surface area contributed by atoms with Crippen molar-refractivity contribution >= 4 is 40.5 Å². The quantitative estimate of drug-likeness (QED) is 0.688. The Balaban J connectivity index is 2.28. The van der Waals surface area contributed by atoms with Crippen LogP contribution in [0.5, 0.6) is 0 Å². The van der Waals surface area contributed by atoms with Crippen LogP contribution in [0.25, 0.3) is 0 Å². The number of benzene rings is 1. The Bertz CT molecular complexity index is 715. The second-order valence-corrected chi connectivity index (χ2v) is 4.87. The highest BCUT2D eigenvalue weighted by Gasteiger charge is 2.20. The van der Waals surface area contributed by atoms with Crippen molar-refractivity contribution in [3.63, 3.8) is 0 Å². The number of nitro groups is 1. The summed E-state index contributed by atoms with van der Waals surface area (Å²) in [5.41, 5.74) is 0.106. The van der Waals surface area contributed by atoms with Crippen LogP contribution >= 0.6 is 23.2 Å². The first-order valence-electron chi connectivity index (χ1n) is 5.89. The molecule has 2 rings (SSSR count). The molecule has 1 aromatic heterocycles. The van der Waals surface area contributed by atoms with Gasteiger partial charge in [-0.15, -0.1) is 0 Å². The lowest BCUT2D eigenvalue weighted by atomic mass is 10.2. The molecular weight excluding hydrogens is 319 g/mol. The fraction of sp³-hybridized carbons (Fsp3) is 0.167. The number of anilines is 1. The summed E-state index contributed by atoms with van der Waals surface area (Å²) >= 11 is 11.5. The third-order valence-corrected chi connectivity index (χ3v) is 3.48. The van der Waals surface area contributed by atoms with E-state index in [4.69, 9.17) is 23.2 Å². The standard InChI is InChI=1S/C12H10Cl2N4O3/c1-2-17-6-8(5-15-17)16-12(19)7-3-9(13)11(14)10(4-7)18(20)21/h3-6H,2H2,1H3,(H,16,19). The summed E-state index contributed by atoms with van der Waals surface area (Å²) in [6, 6.07) is 2.35. The molecule has 0 saturated carbocycles. The monoisotopic (exact) mass is 328 g/mol. The van der Waals surface area contributed by atoms with E-state index in [-0.39, 0.29) is 15.6 Å². The summed E-state index contributed by atoms with van der Waals surface area (Å²) in [4.78, 5) is 22.2. The number of carbonyl (C=O) groups is 1. The van der Waals surface area contributed by atoms with E-state index in [9.17, 15) is 14.9 Å². The molecule has 1 aromatic carbocycles. The molecule has 0 bridgehead atoms. The van der Waals surface area contributed by atoms with E-state index in [2.05, 4.69) is 10.4 Å². The molecule has 0 aliphatic carbocycles. The van der Waals surface area contributed by atoms with Crippen LogP contribution in [0.3, 0.4) is 0 Å². The topological polar surface area (TPSA) is 90.1 Å². The molecular formula is C12H10Cl2N4O3. The Morgan fingerprint density at radius 3 is 2.76 bits per heavy atom. The van der Waals surface area contributed by atoms with E-state index in [1.165, 1.54) is 12.3 Å². The van der Waals surface area contributed by atoms with Gasteiger partial charge in [0.25, 0.3) is 11.6 Å². The van der Waals surface area contributed by atoms with E-state index in [0.29, 0.717) is 12.2 Å². The molecule has 1 N–H and O–H groups in total. The minimum absolute atomic E-state index is 0.0420. The first kappa shape index (κ1) is 15.3. The van der Waals surface area contributed by atoms with Crippen LogP contribution in [-0.4, -0.2) is 20.6 Å². The molecule has 21 heavy (non-hydrogen) atoms. The number of aryl methyl sites for hydroxylation is 1. The van der Waals surface area contributed by atoms with Gasteiger partial charge in [-0.2, -0.15) is 5.10 Å². The Hall–Kier alpha value is -2.12. The van der Waals surface area contributed by atoms with Crippen LogP contribution in [0.1, 0.15) is 17.3 Å². The summed E-state index contributed by atoms with van der Waals surface area (Å²) in [6.07, 6.45) is 3.12. The lowest BCUT2D eigenvalue weighted by Crippen LogP contribution is -2.12. The highest BCUT2D eigenvalue weighted by Crippen LogP contribution is 2.33. The molecule has 0 atom stereocenters. The summed E-state index contributed by atoms with van der Waals surface area (Å²) in [5, 5.41) is 17.2. The predicted molar refractivity (Wildman–Crippen MR) is 79.0 cm³/mol. The second-order valence-electron chi connectivity index (χ2n) is 4.09. The maximum atomic E-state index is 12.1. The molecule has 0 aliphatic rings. The van der Waals surface area contributed by atoms with Crippen LogP contribution in [0, 0.1) is 10.1 Å². The van der Waals surface area contributed by atoms with E-state index in [1.807, 2.05) is 6.92 Å². The van der Waals surface area contributed by atoms with Gasteiger partial charge in [-0.05, 0) is 13.0 Å². The van der Waals surface area contributed by atoms with Gasteiger partial charge in [-0.25, -0.2) is 0 Å². The fourth-order valence-electron chi connectivity index (χ4n) is 1.64. The number of hydrogen-bond donors (Lipinski definition) is 1. The first-order chi connectivity index (χ1) is 9.92. The number of aromatic nitrogens is 2. The van der Waals surface area contributed by atoms with Crippen LogP contribution in [0.15, 0.2) is 24.5 Å². The number of nitrogens with one attached hydrogen (secondary N) is 1. The van der Waals surface area contributed by atoms with Crippen molar-refractivity contribution in [1.82, 2.24) is 9.78 Å². The van der Waals surface area contributed by atoms with Gasteiger partial charge in [0.1, 0.15) is 5.02 Å². The molecule has 0 aliphatic heterocycles. The van der Waals surface area contributed by atoms with Crippen LogP contribution < -0.4 is 5.32 Å². The molecule has 1 heterocycles. The Labute approximate surface area is 129 Å². The van der Waals surface area contributed by atoms with Gasteiger partial charge in [0, 0.05) is 24.4 Å². The minimum atomic E-state index is -0.694. The van der Waals surface area contributed by atoms with Crippen molar-refractivity contribution in [2.75, 3.05) is 5.32 Å². The molecule has 7 nitrogen and oxygen atoms in total. The van der Waals surface area contributed by atoms with Crippen LogP contribution in [0.4, 0.5) is 11.4 Å². The van der Waals surface area contributed by atoms with E-state index in [1.54, 1.807) is 10.9 Å². The van der Waals surface area contributed by atoms with Crippen molar-refractivity contribution < 1.29 is 9.72 Å². The molecule has 0 radical (unpaired) electrons. The third-order valence-electron chi connectivity index (χ3n) is 2.68. The number of hydrogen-bond acceptors (Lipinski definition) is 4. The predicted octanol–water partition coefficient (Wildman–Crippen LogP) is 3.37.